The van der Waals surface area contributed by atoms with Gasteiger partial charge in [-0.1, -0.05) is 35.4 Å². The van der Waals surface area contributed by atoms with E-state index in [1.807, 2.05) is 13.8 Å². The van der Waals surface area contributed by atoms with Crippen molar-refractivity contribution in [3.63, 3.8) is 0 Å². The highest BCUT2D eigenvalue weighted by Gasteiger charge is 2.27. The Kier molecular flexibility index (Phi) is 7.20. The Morgan fingerprint density at radius 1 is 1.03 bits per heavy atom. The van der Waals surface area contributed by atoms with Crippen LogP contribution >= 0.6 is 11.6 Å². The van der Waals surface area contributed by atoms with Gasteiger partial charge in [0.1, 0.15) is 12.3 Å². The van der Waals surface area contributed by atoms with Crippen molar-refractivity contribution in [3.8, 4) is 5.75 Å². The summed E-state index contributed by atoms with van der Waals surface area (Å²) in [5.41, 5.74) is 1.77. The Labute approximate surface area is 187 Å². The number of hydrogen-bond acceptors (Lipinski definition) is 4. The number of hydrogen-bond donors (Lipinski definition) is 1. The lowest BCUT2D eigenvalue weighted by atomic mass is 10.2. The lowest BCUT2D eigenvalue weighted by Crippen LogP contribution is -2.38. The number of carbonyl (C=O) groups is 1. The van der Waals surface area contributed by atoms with Gasteiger partial charge in [0.05, 0.1) is 17.2 Å². The molecule has 0 atom stereocenters. The zero-order chi connectivity index (χ0) is 22.4. The molecule has 0 fully saturated rings. The summed E-state index contributed by atoms with van der Waals surface area (Å²) in [4.78, 5) is 12.8. The van der Waals surface area contributed by atoms with Gasteiger partial charge in [0.25, 0.3) is 10.0 Å². The summed E-state index contributed by atoms with van der Waals surface area (Å²) >= 11 is 5.97. The standard InChI is InChI=1S/C23H23ClN2O4S/c1-3-30-21-11-9-20(10-12-21)26(31(28,29)22-13-7-17(2)8-14-22)16-23(27)25-19-6-4-5-18(24)15-19/h4-15H,3,16H2,1-2H3,(H,25,27). The van der Waals surface area contributed by atoms with E-state index in [0.29, 0.717) is 28.8 Å². The maximum absolute atomic E-state index is 13.4. The fraction of sp³-hybridized carbons (Fsp3) is 0.174. The minimum Gasteiger partial charge on any atom is -0.494 e. The van der Waals surface area contributed by atoms with Crippen molar-refractivity contribution in [2.75, 3.05) is 22.8 Å². The molecule has 0 spiro atoms. The molecule has 162 valence electrons. The number of rotatable bonds is 8. The highest BCUT2D eigenvalue weighted by atomic mass is 35.5. The largest absolute Gasteiger partial charge is 0.494 e. The van der Waals surface area contributed by atoms with Crippen LogP contribution in [0.4, 0.5) is 11.4 Å². The fourth-order valence-electron chi connectivity index (χ4n) is 2.92. The van der Waals surface area contributed by atoms with Crippen molar-refractivity contribution >= 4 is 38.9 Å². The van der Waals surface area contributed by atoms with Gasteiger partial charge in [-0.3, -0.25) is 9.10 Å². The Morgan fingerprint density at radius 2 is 1.71 bits per heavy atom. The van der Waals surface area contributed by atoms with E-state index in [-0.39, 0.29) is 4.90 Å². The molecule has 31 heavy (non-hydrogen) atoms. The van der Waals surface area contributed by atoms with E-state index in [2.05, 4.69) is 5.32 Å². The SMILES string of the molecule is CCOc1ccc(N(CC(=O)Nc2cccc(Cl)c2)S(=O)(=O)c2ccc(C)cc2)cc1. The quantitative estimate of drug-likeness (QED) is 0.522. The monoisotopic (exact) mass is 458 g/mol. The maximum Gasteiger partial charge on any atom is 0.264 e. The van der Waals surface area contributed by atoms with Crippen LogP contribution in [0.15, 0.2) is 77.7 Å². The van der Waals surface area contributed by atoms with Crippen molar-refractivity contribution in [1.29, 1.82) is 0 Å². The molecule has 3 aromatic carbocycles. The van der Waals surface area contributed by atoms with Gasteiger partial charge in [0.2, 0.25) is 5.91 Å². The molecule has 0 saturated carbocycles. The van der Waals surface area contributed by atoms with Gasteiger partial charge in [-0.05, 0) is 68.4 Å². The van der Waals surface area contributed by atoms with E-state index in [9.17, 15) is 13.2 Å². The number of ether oxygens (including phenoxy) is 1. The number of nitrogens with zero attached hydrogens (tertiary/aromatic N) is 1. The Morgan fingerprint density at radius 3 is 2.32 bits per heavy atom. The number of benzene rings is 3. The molecule has 0 aliphatic carbocycles. The van der Waals surface area contributed by atoms with E-state index in [4.69, 9.17) is 16.3 Å². The van der Waals surface area contributed by atoms with E-state index in [0.717, 1.165) is 9.87 Å². The third kappa shape index (κ3) is 5.77. The zero-order valence-corrected chi connectivity index (χ0v) is 18.8. The van der Waals surface area contributed by atoms with E-state index in [1.165, 1.54) is 12.1 Å². The highest BCUT2D eigenvalue weighted by molar-refractivity contribution is 7.92. The molecule has 0 saturated heterocycles. The lowest BCUT2D eigenvalue weighted by molar-refractivity contribution is -0.114. The first-order valence-electron chi connectivity index (χ1n) is 9.67. The van der Waals surface area contributed by atoms with Crippen molar-refractivity contribution in [2.45, 2.75) is 18.7 Å². The minimum absolute atomic E-state index is 0.0996. The van der Waals surface area contributed by atoms with E-state index < -0.39 is 22.5 Å². The van der Waals surface area contributed by atoms with Gasteiger partial charge in [-0.2, -0.15) is 0 Å². The number of carbonyl (C=O) groups excluding carboxylic acids is 1. The summed E-state index contributed by atoms with van der Waals surface area (Å²) in [7, 11) is -3.99. The molecule has 0 unspecified atom stereocenters. The zero-order valence-electron chi connectivity index (χ0n) is 17.2. The van der Waals surface area contributed by atoms with E-state index in [1.54, 1.807) is 60.7 Å². The summed E-state index contributed by atoms with van der Waals surface area (Å²) in [6.45, 7) is 3.82. The van der Waals surface area contributed by atoms with Crippen LogP contribution in [0.25, 0.3) is 0 Å². The number of anilines is 2. The third-order valence-corrected chi connectivity index (χ3v) is 6.46. The van der Waals surface area contributed by atoms with Gasteiger partial charge in [0.15, 0.2) is 0 Å². The Balaban J connectivity index is 1.93. The van der Waals surface area contributed by atoms with Crippen molar-refractivity contribution in [1.82, 2.24) is 0 Å². The average Bonchev–Trinajstić information content (AvgIpc) is 2.73. The highest BCUT2D eigenvalue weighted by Crippen LogP contribution is 2.26. The molecule has 0 aliphatic heterocycles. The van der Waals surface area contributed by atoms with Crippen molar-refractivity contribution < 1.29 is 17.9 Å². The van der Waals surface area contributed by atoms with Crippen LogP contribution in [0.3, 0.4) is 0 Å². The van der Waals surface area contributed by atoms with Gasteiger partial charge >= 0.3 is 0 Å². The van der Waals surface area contributed by atoms with Crippen LogP contribution in [0.1, 0.15) is 12.5 Å². The predicted octanol–water partition coefficient (Wildman–Crippen LogP) is 4.88. The number of amides is 1. The topological polar surface area (TPSA) is 75.7 Å². The lowest BCUT2D eigenvalue weighted by Gasteiger charge is -2.24. The molecular weight excluding hydrogens is 436 g/mol. The van der Waals surface area contributed by atoms with Gasteiger partial charge in [-0.25, -0.2) is 8.42 Å². The third-order valence-electron chi connectivity index (χ3n) is 4.44. The fourth-order valence-corrected chi connectivity index (χ4v) is 4.54. The summed E-state index contributed by atoms with van der Waals surface area (Å²) in [6.07, 6.45) is 0. The van der Waals surface area contributed by atoms with Crippen LogP contribution in [0, 0.1) is 6.92 Å². The molecule has 0 bridgehead atoms. The van der Waals surface area contributed by atoms with Crippen molar-refractivity contribution in [2.24, 2.45) is 0 Å². The van der Waals surface area contributed by atoms with Crippen LogP contribution in [-0.4, -0.2) is 27.5 Å². The molecule has 0 heterocycles. The Bertz CT molecular complexity index is 1150. The first-order valence-corrected chi connectivity index (χ1v) is 11.5. The number of sulfonamides is 1. The van der Waals surface area contributed by atoms with Crippen LogP contribution in [-0.2, 0) is 14.8 Å². The van der Waals surface area contributed by atoms with E-state index >= 15 is 0 Å². The molecule has 0 radical (unpaired) electrons. The summed E-state index contributed by atoms with van der Waals surface area (Å²) in [6, 6.07) is 19.7. The predicted molar refractivity (Wildman–Crippen MR) is 123 cm³/mol. The van der Waals surface area contributed by atoms with Crippen molar-refractivity contribution in [3.05, 3.63) is 83.4 Å². The summed E-state index contributed by atoms with van der Waals surface area (Å²) < 4.78 is 33.3. The second kappa shape index (κ2) is 9.85. The number of aryl methyl sites for hydroxylation is 1. The molecule has 8 heteroatoms. The molecule has 0 aliphatic rings. The van der Waals surface area contributed by atoms with Crippen LogP contribution < -0.4 is 14.4 Å². The summed E-state index contributed by atoms with van der Waals surface area (Å²) in [5, 5.41) is 3.16. The summed E-state index contributed by atoms with van der Waals surface area (Å²) in [5.74, 6) is 0.120. The van der Waals surface area contributed by atoms with Crippen LogP contribution in [0.5, 0.6) is 5.75 Å². The average molecular weight is 459 g/mol. The molecule has 3 aromatic rings. The molecular formula is C23H23ClN2O4S. The molecule has 0 aromatic heterocycles. The minimum atomic E-state index is -3.99. The van der Waals surface area contributed by atoms with Crippen LogP contribution in [0.2, 0.25) is 5.02 Å². The van der Waals surface area contributed by atoms with Gasteiger partial charge in [-0.15, -0.1) is 0 Å². The Hall–Kier alpha value is -3.03. The smallest absolute Gasteiger partial charge is 0.264 e. The first kappa shape index (κ1) is 22.7. The number of halogens is 1. The number of nitrogens with one attached hydrogen (secondary N) is 1. The second-order valence-electron chi connectivity index (χ2n) is 6.81. The maximum atomic E-state index is 13.4. The van der Waals surface area contributed by atoms with Gasteiger partial charge in [0, 0.05) is 10.7 Å². The first-order chi connectivity index (χ1) is 14.8. The molecule has 6 nitrogen and oxygen atoms in total. The normalized spacial score (nSPS) is 11.1. The molecule has 1 amide bonds. The molecule has 3 rings (SSSR count). The van der Waals surface area contributed by atoms with Gasteiger partial charge < -0.3 is 10.1 Å². The second-order valence-corrected chi connectivity index (χ2v) is 9.11. The molecule has 1 N–H and O–H groups in total.